The largest absolute Gasteiger partial charge is 0.478 e. The van der Waals surface area contributed by atoms with Crippen LogP contribution in [0.1, 0.15) is 10.4 Å². The number of aliphatic carboxylic acids is 1. The van der Waals surface area contributed by atoms with Crippen LogP contribution < -0.4 is 5.32 Å². The fraction of sp³-hybridized carbons (Fsp3) is 0.0833. The van der Waals surface area contributed by atoms with Gasteiger partial charge in [-0.05, 0) is 0 Å². The molecule has 0 fully saturated rings. The lowest BCUT2D eigenvalue weighted by atomic mass is 10.1. The Balaban J connectivity index is 2.61. The number of benzene rings is 1. The SMILES string of the molecule is O=C(O)/C=C\C(=O)NC(O)C(=O)c1ccccc1. The second-order valence-electron chi connectivity index (χ2n) is 3.31. The van der Waals surface area contributed by atoms with Crippen molar-refractivity contribution in [3.05, 3.63) is 48.0 Å². The van der Waals surface area contributed by atoms with Gasteiger partial charge in [-0.2, -0.15) is 0 Å². The Morgan fingerprint density at radius 2 is 1.72 bits per heavy atom. The number of rotatable bonds is 5. The van der Waals surface area contributed by atoms with E-state index in [2.05, 4.69) is 0 Å². The lowest BCUT2D eigenvalue weighted by molar-refractivity contribution is -0.131. The maximum Gasteiger partial charge on any atom is 0.328 e. The Bertz CT molecular complexity index is 481. The van der Waals surface area contributed by atoms with Crippen LogP contribution in [0.25, 0.3) is 0 Å². The van der Waals surface area contributed by atoms with E-state index in [4.69, 9.17) is 5.11 Å². The molecule has 6 nitrogen and oxygen atoms in total. The van der Waals surface area contributed by atoms with Crippen LogP contribution in [0.15, 0.2) is 42.5 Å². The maximum atomic E-state index is 11.6. The molecule has 0 aliphatic heterocycles. The van der Waals surface area contributed by atoms with Crippen molar-refractivity contribution in [2.24, 2.45) is 0 Å². The summed E-state index contributed by atoms with van der Waals surface area (Å²) in [5.41, 5.74) is 0.243. The van der Waals surface area contributed by atoms with Crippen molar-refractivity contribution in [2.75, 3.05) is 0 Å². The van der Waals surface area contributed by atoms with Gasteiger partial charge in [0.15, 0.2) is 6.23 Å². The molecule has 0 aliphatic carbocycles. The fourth-order valence-corrected chi connectivity index (χ4v) is 1.16. The highest BCUT2D eigenvalue weighted by molar-refractivity contribution is 6.02. The quantitative estimate of drug-likeness (QED) is 0.385. The minimum atomic E-state index is -1.71. The minimum absolute atomic E-state index is 0.243. The van der Waals surface area contributed by atoms with Crippen LogP contribution in [0.4, 0.5) is 0 Å². The molecule has 3 N–H and O–H groups in total. The minimum Gasteiger partial charge on any atom is -0.478 e. The van der Waals surface area contributed by atoms with Gasteiger partial charge in [-0.25, -0.2) is 4.79 Å². The summed E-state index contributed by atoms with van der Waals surface area (Å²) in [7, 11) is 0. The van der Waals surface area contributed by atoms with Gasteiger partial charge in [0.05, 0.1) is 0 Å². The van der Waals surface area contributed by atoms with Crippen LogP contribution in [0.3, 0.4) is 0 Å². The molecule has 0 aromatic heterocycles. The number of hydrogen-bond acceptors (Lipinski definition) is 4. The van der Waals surface area contributed by atoms with Crippen molar-refractivity contribution in [3.63, 3.8) is 0 Å². The lowest BCUT2D eigenvalue weighted by Crippen LogP contribution is -2.39. The summed E-state index contributed by atoms with van der Waals surface area (Å²) in [6.07, 6.45) is -0.392. The number of ketones is 1. The fourth-order valence-electron chi connectivity index (χ4n) is 1.16. The maximum absolute atomic E-state index is 11.6. The molecule has 0 spiro atoms. The highest BCUT2D eigenvalue weighted by Gasteiger charge is 2.17. The molecule has 94 valence electrons. The lowest BCUT2D eigenvalue weighted by Gasteiger charge is -2.09. The Morgan fingerprint density at radius 3 is 2.28 bits per heavy atom. The van der Waals surface area contributed by atoms with Gasteiger partial charge in [-0.1, -0.05) is 30.3 Å². The molecule has 0 aliphatic rings. The van der Waals surface area contributed by atoms with E-state index in [1.807, 2.05) is 5.32 Å². The summed E-state index contributed by atoms with van der Waals surface area (Å²) < 4.78 is 0. The van der Waals surface area contributed by atoms with Crippen LogP contribution in [0, 0.1) is 0 Å². The molecule has 0 bridgehead atoms. The zero-order valence-electron chi connectivity index (χ0n) is 9.24. The normalized spacial score (nSPS) is 12.1. The van der Waals surface area contributed by atoms with E-state index in [9.17, 15) is 19.5 Å². The van der Waals surface area contributed by atoms with E-state index < -0.39 is 23.9 Å². The summed E-state index contributed by atoms with van der Waals surface area (Å²) in [4.78, 5) is 32.9. The monoisotopic (exact) mass is 249 g/mol. The third-order valence-corrected chi connectivity index (χ3v) is 1.96. The van der Waals surface area contributed by atoms with Crippen molar-refractivity contribution in [3.8, 4) is 0 Å². The number of nitrogens with one attached hydrogen (secondary N) is 1. The van der Waals surface area contributed by atoms with Gasteiger partial charge in [0.25, 0.3) is 0 Å². The number of carbonyl (C=O) groups is 3. The molecule has 0 heterocycles. The van der Waals surface area contributed by atoms with E-state index in [-0.39, 0.29) is 5.56 Å². The van der Waals surface area contributed by atoms with Gasteiger partial charge < -0.3 is 15.5 Å². The number of Topliss-reactive ketones (excluding diaryl/α,β-unsaturated/α-hetero) is 1. The van der Waals surface area contributed by atoms with Crippen molar-refractivity contribution in [1.29, 1.82) is 0 Å². The summed E-state index contributed by atoms with van der Waals surface area (Å²) in [6, 6.07) is 7.92. The molecule has 1 amide bonds. The van der Waals surface area contributed by atoms with Crippen molar-refractivity contribution >= 4 is 17.7 Å². The van der Waals surface area contributed by atoms with E-state index >= 15 is 0 Å². The molecule has 6 heteroatoms. The standard InChI is InChI=1S/C12H11NO5/c14-9(6-7-10(15)16)13-12(18)11(17)8-4-2-1-3-5-8/h1-7,12,18H,(H,13,14)(H,15,16)/b7-6-. The molecule has 18 heavy (non-hydrogen) atoms. The smallest absolute Gasteiger partial charge is 0.328 e. The third kappa shape index (κ3) is 4.18. The number of carboxylic acids is 1. The topological polar surface area (TPSA) is 104 Å². The number of amides is 1. The number of aliphatic hydroxyl groups is 1. The molecule has 1 aromatic rings. The van der Waals surface area contributed by atoms with Crippen LogP contribution >= 0.6 is 0 Å². The Labute approximate surface area is 103 Å². The van der Waals surface area contributed by atoms with Crippen molar-refractivity contribution in [2.45, 2.75) is 6.23 Å². The first-order valence-electron chi connectivity index (χ1n) is 4.99. The third-order valence-electron chi connectivity index (χ3n) is 1.96. The van der Waals surface area contributed by atoms with Gasteiger partial charge in [-0.3, -0.25) is 9.59 Å². The molecule has 0 saturated carbocycles. The predicted molar refractivity (Wildman–Crippen MR) is 61.7 cm³/mol. The zero-order chi connectivity index (χ0) is 13.5. The molecule has 0 radical (unpaired) electrons. The Morgan fingerprint density at radius 1 is 1.11 bits per heavy atom. The Kier molecular flexibility index (Phi) is 4.77. The van der Waals surface area contributed by atoms with Crippen molar-refractivity contribution in [1.82, 2.24) is 5.32 Å². The first kappa shape index (κ1) is 13.6. The van der Waals surface area contributed by atoms with E-state index in [0.29, 0.717) is 12.2 Å². The van der Waals surface area contributed by atoms with Crippen LogP contribution in [0.5, 0.6) is 0 Å². The summed E-state index contributed by atoms with van der Waals surface area (Å²) in [6.45, 7) is 0. The molecular formula is C12H11NO5. The molecule has 0 saturated heterocycles. The van der Waals surface area contributed by atoms with E-state index in [1.54, 1.807) is 18.2 Å². The Hall–Kier alpha value is -2.47. The average Bonchev–Trinajstić information content (AvgIpc) is 2.36. The average molecular weight is 249 g/mol. The predicted octanol–water partition coefficient (Wildman–Crippen LogP) is -0.0553. The molecule has 1 aromatic carbocycles. The van der Waals surface area contributed by atoms with Gasteiger partial charge in [0.2, 0.25) is 11.7 Å². The van der Waals surface area contributed by atoms with Gasteiger partial charge in [0.1, 0.15) is 0 Å². The molecule has 1 unspecified atom stereocenters. The second-order valence-corrected chi connectivity index (χ2v) is 3.31. The molecule has 1 atom stereocenters. The van der Waals surface area contributed by atoms with Gasteiger partial charge in [-0.15, -0.1) is 0 Å². The molecule has 1 rings (SSSR count). The van der Waals surface area contributed by atoms with Gasteiger partial charge >= 0.3 is 5.97 Å². The number of hydrogen-bond donors (Lipinski definition) is 3. The van der Waals surface area contributed by atoms with Crippen molar-refractivity contribution < 1.29 is 24.6 Å². The highest BCUT2D eigenvalue weighted by atomic mass is 16.4. The number of aliphatic hydroxyl groups excluding tert-OH is 1. The summed E-state index contributed by atoms with van der Waals surface area (Å²) >= 11 is 0. The van der Waals surface area contributed by atoms with E-state index in [0.717, 1.165) is 0 Å². The first-order valence-corrected chi connectivity index (χ1v) is 4.99. The van der Waals surface area contributed by atoms with Crippen LogP contribution in [-0.2, 0) is 9.59 Å². The summed E-state index contributed by atoms with van der Waals surface area (Å²) in [5.74, 6) is -2.84. The van der Waals surface area contributed by atoms with Crippen LogP contribution in [-0.4, -0.2) is 34.1 Å². The van der Waals surface area contributed by atoms with Crippen LogP contribution in [0.2, 0.25) is 0 Å². The molecular weight excluding hydrogens is 238 g/mol. The number of carboxylic acid groups (broad SMARTS) is 1. The first-order chi connectivity index (χ1) is 8.50. The highest BCUT2D eigenvalue weighted by Crippen LogP contribution is 2.01. The van der Waals surface area contributed by atoms with Gasteiger partial charge in [0, 0.05) is 17.7 Å². The second kappa shape index (κ2) is 6.31. The zero-order valence-corrected chi connectivity index (χ0v) is 9.24. The summed E-state index contributed by atoms with van der Waals surface area (Å²) in [5, 5.41) is 19.7. The number of carbonyl (C=O) groups excluding carboxylic acids is 2. The van der Waals surface area contributed by atoms with E-state index in [1.165, 1.54) is 12.1 Å².